The maximum Gasteiger partial charge on any atom is 0.207 e. The van der Waals surface area contributed by atoms with Gasteiger partial charge in [0, 0.05) is 19.1 Å². The van der Waals surface area contributed by atoms with Crippen molar-refractivity contribution in [3.63, 3.8) is 0 Å². The third-order valence-electron chi connectivity index (χ3n) is 1.70. The Balaban J connectivity index is 2.40. The first-order chi connectivity index (χ1) is 5.24. The van der Waals surface area contributed by atoms with Crippen LogP contribution in [0, 0.1) is 0 Å². The van der Waals surface area contributed by atoms with Crippen molar-refractivity contribution in [2.24, 2.45) is 0 Å². The van der Waals surface area contributed by atoms with E-state index in [1.807, 2.05) is 0 Å². The average molecular weight is 178 g/mol. The van der Waals surface area contributed by atoms with Crippen molar-refractivity contribution in [1.29, 1.82) is 0 Å². The van der Waals surface area contributed by atoms with Gasteiger partial charge < -0.3 is 5.32 Å². The lowest BCUT2D eigenvalue weighted by atomic mass is 10.3. The molecule has 1 fully saturated rings. The second-order valence-corrected chi connectivity index (χ2v) is 3.46. The van der Waals surface area contributed by atoms with E-state index in [1.54, 1.807) is 0 Å². The van der Waals surface area contributed by atoms with Crippen LogP contribution < -0.4 is 5.32 Å². The molecule has 1 aliphatic heterocycles. The SMILES string of the molecule is O=CNC1CCN([SH](=O)=O)C1. The number of hydrogen-bond acceptors (Lipinski definition) is 3. The average Bonchev–Trinajstić information content (AvgIpc) is 2.37. The number of nitrogens with zero attached hydrogens (tertiary/aromatic N) is 1. The summed E-state index contributed by atoms with van der Waals surface area (Å²) >= 11 is 0. The molecule has 0 aromatic heterocycles. The van der Waals surface area contributed by atoms with Gasteiger partial charge in [0.15, 0.2) is 0 Å². The summed E-state index contributed by atoms with van der Waals surface area (Å²) in [7, 11) is -2.46. The lowest BCUT2D eigenvalue weighted by molar-refractivity contribution is -0.110. The number of carbonyl (C=O) groups excluding carboxylic acids is 1. The molecule has 1 unspecified atom stereocenters. The van der Waals surface area contributed by atoms with E-state index >= 15 is 0 Å². The lowest BCUT2D eigenvalue weighted by Gasteiger charge is -2.06. The van der Waals surface area contributed by atoms with Gasteiger partial charge in [0.2, 0.25) is 17.3 Å². The van der Waals surface area contributed by atoms with Crippen LogP contribution in [0.2, 0.25) is 0 Å². The minimum absolute atomic E-state index is 0.000370. The van der Waals surface area contributed by atoms with Crippen LogP contribution in [0.25, 0.3) is 0 Å². The van der Waals surface area contributed by atoms with Gasteiger partial charge in [0.25, 0.3) is 0 Å². The normalized spacial score (nSPS) is 25.7. The Labute approximate surface area is 66.5 Å². The summed E-state index contributed by atoms with van der Waals surface area (Å²) in [6.07, 6.45) is 1.31. The molecule has 0 radical (unpaired) electrons. The van der Waals surface area contributed by atoms with Crippen LogP contribution in [0.1, 0.15) is 6.42 Å². The smallest absolute Gasteiger partial charge is 0.207 e. The molecule has 1 amide bonds. The van der Waals surface area contributed by atoms with Gasteiger partial charge in [0.1, 0.15) is 0 Å². The first-order valence-corrected chi connectivity index (χ1v) is 4.46. The molecular formula is C5H10N2O3S. The van der Waals surface area contributed by atoms with Crippen molar-refractivity contribution in [1.82, 2.24) is 9.62 Å². The van der Waals surface area contributed by atoms with Gasteiger partial charge in [-0.05, 0) is 6.42 Å². The first kappa shape index (κ1) is 8.48. The first-order valence-electron chi connectivity index (χ1n) is 3.33. The van der Waals surface area contributed by atoms with Crippen LogP contribution in [-0.2, 0) is 15.7 Å². The third kappa shape index (κ3) is 2.16. The molecule has 0 spiro atoms. The van der Waals surface area contributed by atoms with Crippen LogP contribution in [0.5, 0.6) is 0 Å². The van der Waals surface area contributed by atoms with Crippen LogP contribution in [0.15, 0.2) is 0 Å². The number of hydrogen-bond donors (Lipinski definition) is 2. The predicted molar refractivity (Wildman–Crippen MR) is 39.5 cm³/mol. The van der Waals surface area contributed by atoms with E-state index in [1.165, 1.54) is 4.31 Å². The van der Waals surface area contributed by atoms with E-state index in [0.717, 1.165) is 0 Å². The second kappa shape index (κ2) is 3.68. The molecule has 64 valence electrons. The molecule has 1 heterocycles. The fourth-order valence-corrected chi connectivity index (χ4v) is 1.73. The highest BCUT2D eigenvalue weighted by Gasteiger charge is 2.22. The molecule has 11 heavy (non-hydrogen) atoms. The molecule has 1 rings (SSSR count). The van der Waals surface area contributed by atoms with E-state index in [0.29, 0.717) is 25.9 Å². The summed E-state index contributed by atoms with van der Waals surface area (Å²) < 4.78 is 22.1. The van der Waals surface area contributed by atoms with Crippen molar-refractivity contribution in [2.75, 3.05) is 13.1 Å². The number of thiol groups is 1. The number of amides is 1. The number of carbonyl (C=O) groups is 1. The van der Waals surface area contributed by atoms with Crippen LogP contribution in [-0.4, -0.2) is 38.3 Å². The Morgan fingerprint density at radius 2 is 2.27 bits per heavy atom. The molecule has 1 saturated heterocycles. The highest BCUT2D eigenvalue weighted by atomic mass is 32.2. The Kier molecular flexibility index (Phi) is 2.84. The Bertz CT molecular complexity index is 208. The highest BCUT2D eigenvalue weighted by Crippen LogP contribution is 2.07. The Hall–Kier alpha value is -0.620. The van der Waals surface area contributed by atoms with E-state index in [9.17, 15) is 13.2 Å². The minimum Gasteiger partial charge on any atom is -0.355 e. The van der Waals surface area contributed by atoms with Crippen LogP contribution >= 0.6 is 0 Å². The van der Waals surface area contributed by atoms with Crippen molar-refractivity contribution < 1.29 is 13.2 Å². The number of rotatable bonds is 3. The lowest BCUT2D eigenvalue weighted by Crippen LogP contribution is -2.30. The van der Waals surface area contributed by atoms with Crippen molar-refractivity contribution >= 4 is 17.3 Å². The topological polar surface area (TPSA) is 66.5 Å². The van der Waals surface area contributed by atoms with Gasteiger partial charge in [-0.3, -0.25) is 4.79 Å². The maximum atomic E-state index is 10.4. The monoisotopic (exact) mass is 178 g/mol. The summed E-state index contributed by atoms with van der Waals surface area (Å²) in [5, 5.41) is 2.54. The molecule has 1 N–H and O–H groups in total. The molecule has 0 aromatic rings. The molecule has 6 heteroatoms. The quantitative estimate of drug-likeness (QED) is 0.401. The Morgan fingerprint density at radius 3 is 2.73 bits per heavy atom. The van der Waals surface area contributed by atoms with Gasteiger partial charge in [-0.25, -0.2) is 12.7 Å². The summed E-state index contributed by atoms with van der Waals surface area (Å²) in [5.74, 6) is 0. The van der Waals surface area contributed by atoms with Crippen molar-refractivity contribution in [3.8, 4) is 0 Å². The van der Waals surface area contributed by atoms with Gasteiger partial charge in [-0.1, -0.05) is 0 Å². The van der Waals surface area contributed by atoms with Crippen LogP contribution in [0.3, 0.4) is 0 Å². The summed E-state index contributed by atoms with van der Waals surface area (Å²) in [4.78, 5) is 9.96. The second-order valence-electron chi connectivity index (χ2n) is 2.42. The van der Waals surface area contributed by atoms with Crippen LogP contribution in [0.4, 0.5) is 0 Å². The summed E-state index contributed by atoms with van der Waals surface area (Å²) in [5.41, 5.74) is 0. The third-order valence-corrected chi connectivity index (χ3v) is 2.53. The zero-order valence-electron chi connectivity index (χ0n) is 5.90. The Morgan fingerprint density at radius 1 is 1.55 bits per heavy atom. The zero-order chi connectivity index (χ0) is 8.27. The van der Waals surface area contributed by atoms with Crippen molar-refractivity contribution in [2.45, 2.75) is 12.5 Å². The molecular weight excluding hydrogens is 168 g/mol. The minimum atomic E-state index is -2.46. The van der Waals surface area contributed by atoms with Gasteiger partial charge in [-0.2, -0.15) is 0 Å². The standard InChI is InChI=1S/C5H10N2O3S/c8-4-6-5-1-2-7(3-5)11(9)10/h4-5,11H,1-3H2,(H,6,8). The molecule has 1 aliphatic rings. The maximum absolute atomic E-state index is 10.4. The fourth-order valence-electron chi connectivity index (χ4n) is 1.12. The van der Waals surface area contributed by atoms with E-state index in [4.69, 9.17) is 0 Å². The number of nitrogens with one attached hydrogen (secondary N) is 1. The predicted octanol–water partition coefficient (Wildman–Crippen LogP) is -1.67. The summed E-state index contributed by atoms with van der Waals surface area (Å²) in [6, 6.07) is 0.000370. The van der Waals surface area contributed by atoms with E-state index in [-0.39, 0.29) is 6.04 Å². The van der Waals surface area contributed by atoms with E-state index < -0.39 is 10.9 Å². The largest absolute Gasteiger partial charge is 0.355 e. The molecule has 0 bridgehead atoms. The summed E-state index contributed by atoms with van der Waals surface area (Å²) in [6.45, 7) is 0.932. The van der Waals surface area contributed by atoms with Crippen molar-refractivity contribution in [3.05, 3.63) is 0 Å². The molecule has 0 aromatic carbocycles. The van der Waals surface area contributed by atoms with E-state index in [2.05, 4.69) is 5.32 Å². The van der Waals surface area contributed by atoms with Gasteiger partial charge in [0.05, 0.1) is 0 Å². The zero-order valence-corrected chi connectivity index (χ0v) is 6.79. The molecule has 1 atom stereocenters. The van der Waals surface area contributed by atoms with Gasteiger partial charge in [-0.15, -0.1) is 0 Å². The fraction of sp³-hybridized carbons (Fsp3) is 0.800. The molecule has 5 nitrogen and oxygen atoms in total. The van der Waals surface area contributed by atoms with Gasteiger partial charge >= 0.3 is 0 Å². The molecule has 0 saturated carbocycles. The highest BCUT2D eigenvalue weighted by molar-refractivity contribution is 7.69. The molecule has 0 aliphatic carbocycles.